The highest BCUT2D eigenvalue weighted by molar-refractivity contribution is 5.81. The predicted octanol–water partition coefficient (Wildman–Crippen LogP) is 3.12. The highest BCUT2D eigenvalue weighted by atomic mass is 16.4. The Morgan fingerprint density at radius 2 is 1.64 bits per heavy atom. The van der Waals surface area contributed by atoms with Gasteiger partial charge in [-0.1, -0.05) is 61.5 Å². The van der Waals surface area contributed by atoms with Crippen LogP contribution in [0.5, 0.6) is 0 Å². The normalized spacial score (nSPS) is 19.8. The molecule has 130 valence electrons. The molecule has 1 aliphatic rings. The van der Waals surface area contributed by atoms with Crippen LogP contribution in [0.3, 0.4) is 0 Å². The molecule has 1 saturated heterocycles. The van der Waals surface area contributed by atoms with Crippen molar-refractivity contribution in [2.75, 3.05) is 13.1 Å². The van der Waals surface area contributed by atoms with Gasteiger partial charge in [-0.25, -0.2) is 0 Å². The van der Waals surface area contributed by atoms with Crippen LogP contribution in [-0.2, 0) is 22.4 Å². The van der Waals surface area contributed by atoms with Gasteiger partial charge in [0.25, 0.3) is 0 Å². The minimum absolute atomic E-state index is 0.00517. The minimum Gasteiger partial charge on any atom is -0.481 e. The van der Waals surface area contributed by atoms with E-state index in [4.69, 9.17) is 0 Å². The maximum Gasteiger partial charge on any atom is 0.308 e. The van der Waals surface area contributed by atoms with E-state index in [1.54, 1.807) is 4.90 Å². The van der Waals surface area contributed by atoms with Crippen LogP contribution < -0.4 is 0 Å². The zero-order valence-electron chi connectivity index (χ0n) is 14.4. The molecule has 0 unspecified atom stereocenters. The van der Waals surface area contributed by atoms with Crippen LogP contribution in [0.25, 0.3) is 0 Å². The minimum atomic E-state index is -0.835. The number of amides is 1. The molecule has 0 bridgehead atoms. The molecule has 4 nitrogen and oxygen atoms in total. The van der Waals surface area contributed by atoms with Crippen LogP contribution in [0, 0.1) is 5.92 Å². The number of likely N-dealkylation sites (tertiary alicyclic amines) is 1. The third-order valence-electron chi connectivity index (χ3n) is 5.06. The van der Waals surface area contributed by atoms with Crippen molar-refractivity contribution in [3.05, 3.63) is 71.3 Å². The zero-order valence-corrected chi connectivity index (χ0v) is 14.4. The Morgan fingerprint density at radius 1 is 1.00 bits per heavy atom. The summed E-state index contributed by atoms with van der Waals surface area (Å²) in [4.78, 5) is 26.1. The summed E-state index contributed by atoms with van der Waals surface area (Å²) < 4.78 is 0. The third-order valence-corrected chi connectivity index (χ3v) is 5.06. The number of carboxylic acids is 1. The predicted molar refractivity (Wildman–Crippen MR) is 96.4 cm³/mol. The molecule has 25 heavy (non-hydrogen) atoms. The molecule has 0 aromatic heterocycles. The van der Waals surface area contributed by atoms with Gasteiger partial charge in [0, 0.05) is 19.0 Å². The van der Waals surface area contributed by atoms with E-state index in [9.17, 15) is 14.7 Å². The van der Waals surface area contributed by atoms with Crippen molar-refractivity contribution in [2.24, 2.45) is 5.92 Å². The lowest BCUT2D eigenvalue weighted by Gasteiger charge is -2.17. The molecule has 2 aromatic carbocycles. The summed E-state index contributed by atoms with van der Waals surface area (Å²) in [6.07, 6.45) is 1.21. The summed E-state index contributed by atoms with van der Waals surface area (Å²) in [5.74, 6) is -1.53. The van der Waals surface area contributed by atoms with Crippen LogP contribution in [0.1, 0.15) is 29.5 Å². The number of nitrogens with zero attached hydrogens (tertiary/aromatic N) is 1. The van der Waals surface area contributed by atoms with E-state index >= 15 is 0 Å². The molecule has 2 aromatic rings. The number of benzene rings is 2. The quantitative estimate of drug-likeness (QED) is 0.912. The molecule has 3 rings (SSSR count). The van der Waals surface area contributed by atoms with E-state index < -0.39 is 11.9 Å². The summed E-state index contributed by atoms with van der Waals surface area (Å²) in [6, 6.07) is 17.6. The lowest BCUT2D eigenvalue weighted by Crippen LogP contribution is -2.31. The molecule has 1 heterocycles. The number of rotatable bonds is 5. The molecule has 0 radical (unpaired) electrons. The fraction of sp³-hybridized carbons (Fsp3) is 0.333. The second-order valence-electron chi connectivity index (χ2n) is 6.56. The van der Waals surface area contributed by atoms with Gasteiger partial charge in [0.2, 0.25) is 5.91 Å². The number of aliphatic carboxylic acids is 1. The lowest BCUT2D eigenvalue weighted by molar-refractivity contribution is -0.141. The Bertz CT molecular complexity index is 757. The van der Waals surface area contributed by atoms with Crippen molar-refractivity contribution in [3.63, 3.8) is 0 Å². The standard InChI is InChI=1S/C21H23NO3/c1-2-15-8-6-7-11-17(15)12-20(23)22-13-18(19(14-22)21(24)25)16-9-4-3-5-10-16/h3-11,18-19H,2,12-14H2,1H3,(H,24,25)/t18-,19-/m0/s1. The first-order chi connectivity index (χ1) is 12.1. The van der Waals surface area contributed by atoms with E-state index in [2.05, 4.69) is 6.92 Å². The summed E-state index contributed by atoms with van der Waals surface area (Å²) >= 11 is 0. The molecule has 0 aliphatic carbocycles. The number of aryl methyl sites for hydroxylation is 1. The molecule has 4 heteroatoms. The van der Waals surface area contributed by atoms with Crippen molar-refractivity contribution in [3.8, 4) is 0 Å². The molecular formula is C21H23NO3. The van der Waals surface area contributed by atoms with Crippen LogP contribution in [-0.4, -0.2) is 35.0 Å². The van der Waals surface area contributed by atoms with Gasteiger partial charge in [-0.3, -0.25) is 9.59 Å². The Balaban J connectivity index is 1.77. The molecular weight excluding hydrogens is 314 g/mol. The third kappa shape index (κ3) is 3.73. The van der Waals surface area contributed by atoms with Gasteiger partial charge >= 0.3 is 5.97 Å². The largest absolute Gasteiger partial charge is 0.481 e. The summed E-state index contributed by atoms with van der Waals surface area (Å²) in [7, 11) is 0. The summed E-state index contributed by atoms with van der Waals surface area (Å²) in [5, 5.41) is 9.58. The SMILES string of the molecule is CCc1ccccc1CC(=O)N1C[C@H](C(=O)O)[C@H](c2ccccc2)C1. The Hall–Kier alpha value is -2.62. The van der Waals surface area contributed by atoms with Crippen molar-refractivity contribution in [1.82, 2.24) is 4.90 Å². The van der Waals surface area contributed by atoms with Crippen LogP contribution >= 0.6 is 0 Å². The first-order valence-corrected chi connectivity index (χ1v) is 8.72. The maximum absolute atomic E-state index is 12.8. The lowest BCUT2D eigenvalue weighted by atomic mass is 9.89. The monoisotopic (exact) mass is 337 g/mol. The first kappa shape index (κ1) is 17.2. The Kier molecular flexibility index (Phi) is 5.17. The van der Waals surface area contributed by atoms with E-state index in [1.165, 1.54) is 5.56 Å². The van der Waals surface area contributed by atoms with Crippen molar-refractivity contribution < 1.29 is 14.7 Å². The fourth-order valence-electron chi connectivity index (χ4n) is 3.65. The van der Waals surface area contributed by atoms with Crippen molar-refractivity contribution in [2.45, 2.75) is 25.7 Å². The number of carbonyl (C=O) groups excluding carboxylic acids is 1. The zero-order chi connectivity index (χ0) is 17.8. The number of carboxylic acid groups (broad SMARTS) is 1. The number of carbonyl (C=O) groups is 2. The molecule has 1 N–H and O–H groups in total. The van der Waals surface area contributed by atoms with Gasteiger partial charge < -0.3 is 10.0 Å². The van der Waals surface area contributed by atoms with Gasteiger partial charge in [-0.2, -0.15) is 0 Å². The fourth-order valence-corrected chi connectivity index (χ4v) is 3.65. The Morgan fingerprint density at radius 3 is 2.28 bits per heavy atom. The molecule has 1 fully saturated rings. The van der Waals surface area contributed by atoms with E-state index in [-0.39, 0.29) is 18.4 Å². The average Bonchev–Trinajstić information content (AvgIpc) is 3.09. The van der Waals surface area contributed by atoms with Gasteiger partial charge in [0.1, 0.15) is 0 Å². The second-order valence-corrected chi connectivity index (χ2v) is 6.56. The number of hydrogen-bond acceptors (Lipinski definition) is 2. The van der Waals surface area contributed by atoms with Gasteiger partial charge in [0.05, 0.1) is 12.3 Å². The summed E-state index contributed by atoms with van der Waals surface area (Å²) in [6.45, 7) is 2.82. The first-order valence-electron chi connectivity index (χ1n) is 8.72. The van der Waals surface area contributed by atoms with Gasteiger partial charge in [-0.15, -0.1) is 0 Å². The van der Waals surface area contributed by atoms with Crippen LogP contribution in [0.4, 0.5) is 0 Å². The molecule has 0 saturated carbocycles. The van der Waals surface area contributed by atoms with E-state index in [0.29, 0.717) is 13.0 Å². The van der Waals surface area contributed by atoms with Gasteiger partial charge in [0.15, 0.2) is 0 Å². The maximum atomic E-state index is 12.8. The Labute approximate surface area is 148 Å². The summed E-state index contributed by atoms with van der Waals surface area (Å²) in [5.41, 5.74) is 3.19. The van der Waals surface area contributed by atoms with Crippen LogP contribution in [0.2, 0.25) is 0 Å². The number of hydrogen-bond donors (Lipinski definition) is 1. The average molecular weight is 337 g/mol. The van der Waals surface area contributed by atoms with E-state index in [0.717, 1.165) is 17.5 Å². The molecule has 2 atom stereocenters. The van der Waals surface area contributed by atoms with Crippen molar-refractivity contribution in [1.29, 1.82) is 0 Å². The second kappa shape index (κ2) is 7.51. The van der Waals surface area contributed by atoms with Crippen LogP contribution in [0.15, 0.2) is 54.6 Å². The van der Waals surface area contributed by atoms with Gasteiger partial charge in [-0.05, 0) is 23.1 Å². The van der Waals surface area contributed by atoms with E-state index in [1.807, 2.05) is 54.6 Å². The topological polar surface area (TPSA) is 57.6 Å². The highest BCUT2D eigenvalue weighted by Gasteiger charge is 2.40. The molecule has 0 spiro atoms. The molecule has 1 amide bonds. The highest BCUT2D eigenvalue weighted by Crippen LogP contribution is 2.33. The smallest absolute Gasteiger partial charge is 0.308 e. The molecule has 1 aliphatic heterocycles. The van der Waals surface area contributed by atoms with Crippen molar-refractivity contribution >= 4 is 11.9 Å².